The van der Waals surface area contributed by atoms with Crippen molar-refractivity contribution in [3.63, 3.8) is 0 Å². The summed E-state index contributed by atoms with van der Waals surface area (Å²) < 4.78 is 41.6. The average molecular weight is 448 g/mol. The number of carbonyl (C=O) groups excluding carboxylic acids is 2. The molecule has 0 fully saturated rings. The van der Waals surface area contributed by atoms with Crippen LogP contribution in [0.25, 0.3) is 21.3 Å². The quantitative estimate of drug-likeness (QED) is 0.541. The second-order valence-electron chi connectivity index (χ2n) is 6.25. The predicted octanol–water partition coefficient (Wildman–Crippen LogP) is 3.16. The normalized spacial score (nSPS) is 11.0. The molecule has 3 aromatic rings. The zero-order chi connectivity index (χ0) is 22.4. The van der Waals surface area contributed by atoms with Crippen LogP contribution in [0.5, 0.6) is 5.75 Å². The fourth-order valence-corrected chi connectivity index (χ4v) is 3.61. The smallest absolute Gasteiger partial charge is 0.406 e. The third kappa shape index (κ3) is 6.42. The second kappa shape index (κ2) is 9.44. The van der Waals surface area contributed by atoms with Gasteiger partial charge in [0.25, 0.3) is 0 Å². The molecule has 0 atom stereocenters. The minimum atomic E-state index is -4.75. The van der Waals surface area contributed by atoms with Crippen LogP contribution in [0.2, 0.25) is 0 Å². The van der Waals surface area contributed by atoms with E-state index < -0.39 is 12.3 Å². The molecule has 0 aliphatic carbocycles. The highest BCUT2D eigenvalue weighted by atomic mass is 32.1. The number of hydrogen-bond donors (Lipinski definition) is 2. The van der Waals surface area contributed by atoms with Gasteiger partial charge < -0.3 is 15.4 Å². The molecule has 31 heavy (non-hydrogen) atoms. The van der Waals surface area contributed by atoms with Gasteiger partial charge in [-0.2, -0.15) is 5.26 Å². The van der Waals surface area contributed by atoms with Gasteiger partial charge in [0.1, 0.15) is 17.3 Å². The zero-order valence-corrected chi connectivity index (χ0v) is 16.6. The topological polar surface area (TPSA) is 104 Å². The van der Waals surface area contributed by atoms with Crippen molar-refractivity contribution in [2.24, 2.45) is 0 Å². The van der Waals surface area contributed by atoms with Gasteiger partial charge in [0, 0.05) is 0 Å². The first-order valence-electron chi connectivity index (χ1n) is 8.89. The summed E-state index contributed by atoms with van der Waals surface area (Å²) in [4.78, 5) is 27.8. The molecule has 11 heteroatoms. The number of aromatic nitrogens is 1. The lowest BCUT2D eigenvalue weighted by Crippen LogP contribution is -2.37. The molecule has 2 amide bonds. The van der Waals surface area contributed by atoms with Gasteiger partial charge in [0.15, 0.2) is 0 Å². The van der Waals surface area contributed by atoms with Crippen LogP contribution in [0.15, 0.2) is 42.5 Å². The number of nitrogens with one attached hydrogen (secondary N) is 2. The van der Waals surface area contributed by atoms with Gasteiger partial charge in [-0.3, -0.25) is 9.59 Å². The molecule has 0 saturated carbocycles. The van der Waals surface area contributed by atoms with E-state index in [4.69, 9.17) is 5.26 Å². The molecule has 0 aliphatic rings. The van der Waals surface area contributed by atoms with E-state index >= 15 is 0 Å². The maximum Gasteiger partial charge on any atom is 0.573 e. The predicted molar refractivity (Wildman–Crippen MR) is 107 cm³/mol. The fraction of sp³-hybridized carbons (Fsp3) is 0.200. The van der Waals surface area contributed by atoms with E-state index in [1.54, 1.807) is 12.1 Å². The van der Waals surface area contributed by atoms with Crippen molar-refractivity contribution in [1.82, 2.24) is 15.6 Å². The van der Waals surface area contributed by atoms with E-state index in [0.29, 0.717) is 16.1 Å². The highest BCUT2D eigenvalue weighted by molar-refractivity contribution is 7.18. The van der Waals surface area contributed by atoms with Crippen LogP contribution in [0.3, 0.4) is 0 Å². The Bertz CT molecular complexity index is 1140. The number of alkyl halides is 3. The third-order valence-electron chi connectivity index (χ3n) is 3.98. The first kappa shape index (κ1) is 22.0. The average Bonchev–Trinajstić information content (AvgIpc) is 3.11. The van der Waals surface area contributed by atoms with Gasteiger partial charge >= 0.3 is 6.36 Å². The van der Waals surface area contributed by atoms with Gasteiger partial charge in [-0.05, 0) is 35.4 Å². The van der Waals surface area contributed by atoms with Crippen LogP contribution in [-0.2, 0) is 16.0 Å². The summed E-state index contributed by atoms with van der Waals surface area (Å²) in [5.41, 5.74) is 2.08. The highest BCUT2D eigenvalue weighted by Crippen LogP contribution is 2.30. The molecule has 0 saturated heterocycles. The molecular weight excluding hydrogens is 433 g/mol. The molecule has 3 rings (SSSR count). The number of hydrogen-bond acceptors (Lipinski definition) is 6. The zero-order valence-electron chi connectivity index (χ0n) is 15.8. The Morgan fingerprint density at radius 3 is 2.45 bits per heavy atom. The Hall–Kier alpha value is -3.65. The third-order valence-corrected chi connectivity index (χ3v) is 5.01. The van der Waals surface area contributed by atoms with Crippen molar-refractivity contribution in [2.75, 3.05) is 13.1 Å². The Kier molecular flexibility index (Phi) is 6.71. The Balaban J connectivity index is 1.65. The Morgan fingerprint density at radius 2 is 1.77 bits per heavy atom. The maximum absolute atomic E-state index is 12.3. The van der Waals surface area contributed by atoms with Gasteiger partial charge in [0.05, 0.1) is 29.3 Å². The van der Waals surface area contributed by atoms with Crippen molar-refractivity contribution in [3.8, 4) is 22.9 Å². The van der Waals surface area contributed by atoms with Crippen LogP contribution in [0.1, 0.15) is 5.01 Å². The maximum atomic E-state index is 12.3. The summed E-state index contributed by atoms with van der Waals surface area (Å²) in [6, 6.07) is 12.7. The summed E-state index contributed by atoms with van der Waals surface area (Å²) in [5, 5.41) is 13.7. The van der Waals surface area contributed by atoms with Crippen molar-refractivity contribution < 1.29 is 27.5 Å². The number of amides is 2. The van der Waals surface area contributed by atoms with Crippen LogP contribution in [0, 0.1) is 11.3 Å². The first-order chi connectivity index (χ1) is 14.7. The van der Waals surface area contributed by atoms with Gasteiger partial charge in [-0.15, -0.1) is 24.5 Å². The molecule has 7 nitrogen and oxygen atoms in total. The Morgan fingerprint density at radius 1 is 1.06 bits per heavy atom. The summed E-state index contributed by atoms with van der Waals surface area (Å²) >= 11 is 1.33. The summed E-state index contributed by atoms with van der Waals surface area (Å²) in [6.07, 6.45) is -4.76. The number of rotatable bonds is 7. The van der Waals surface area contributed by atoms with Crippen molar-refractivity contribution >= 4 is 33.4 Å². The van der Waals surface area contributed by atoms with Crippen molar-refractivity contribution in [2.45, 2.75) is 12.8 Å². The summed E-state index contributed by atoms with van der Waals surface area (Å²) in [6.45, 7) is -0.364. The standard InChI is InChI=1S/C20H15F3N4O3S/c21-20(22,23)30-14-4-1-12(2-5-14)13-3-6-16-15(9-13)27-19(31-16)10-17(28)26-11-18(29)25-8-7-24/h1-6,9H,8,10-11H2,(H,25,29)(H,26,28). The van der Waals surface area contributed by atoms with E-state index in [1.807, 2.05) is 12.1 Å². The lowest BCUT2D eigenvalue weighted by molar-refractivity contribution is -0.274. The SMILES string of the molecule is N#CCNC(=O)CNC(=O)Cc1nc2cc(-c3ccc(OC(F)(F)F)cc3)ccc2s1. The lowest BCUT2D eigenvalue weighted by Gasteiger charge is -2.09. The van der Waals surface area contributed by atoms with E-state index in [2.05, 4.69) is 20.4 Å². The molecule has 160 valence electrons. The minimum absolute atomic E-state index is 0.0102. The minimum Gasteiger partial charge on any atom is -0.406 e. The van der Waals surface area contributed by atoms with E-state index in [9.17, 15) is 22.8 Å². The molecule has 0 radical (unpaired) electrons. The number of fused-ring (bicyclic) bond motifs is 1. The molecule has 2 N–H and O–H groups in total. The number of halogens is 3. The lowest BCUT2D eigenvalue weighted by atomic mass is 10.1. The second-order valence-corrected chi connectivity index (χ2v) is 7.37. The van der Waals surface area contributed by atoms with Crippen LogP contribution in [-0.4, -0.2) is 36.3 Å². The first-order valence-corrected chi connectivity index (χ1v) is 9.71. The van der Waals surface area contributed by atoms with Crippen molar-refractivity contribution in [3.05, 3.63) is 47.5 Å². The van der Waals surface area contributed by atoms with E-state index in [1.165, 1.54) is 35.6 Å². The van der Waals surface area contributed by atoms with Gasteiger partial charge in [-0.25, -0.2) is 4.98 Å². The summed E-state index contributed by atoms with van der Waals surface area (Å²) in [5.74, 6) is -1.15. The number of thiazole rings is 1. The molecule has 0 aliphatic heterocycles. The number of benzene rings is 2. The Labute approximate surface area is 178 Å². The van der Waals surface area contributed by atoms with Gasteiger partial charge in [0.2, 0.25) is 11.8 Å². The number of nitrogens with zero attached hydrogens (tertiary/aromatic N) is 2. The molecule has 0 unspecified atom stereocenters. The van der Waals surface area contributed by atoms with Crippen LogP contribution < -0.4 is 15.4 Å². The fourth-order valence-electron chi connectivity index (χ4n) is 2.66. The highest BCUT2D eigenvalue weighted by Gasteiger charge is 2.30. The molecule has 1 aromatic heterocycles. The van der Waals surface area contributed by atoms with Gasteiger partial charge in [-0.1, -0.05) is 18.2 Å². The monoisotopic (exact) mass is 448 g/mol. The van der Waals surface area contributed by atoms with E-state index in [-0.39, 0.29) is 31.2 Å². The number of carbonyl (C=O) groups is 2. The molecule has 0 spiro atoms. The number of ether oxygens (including phenoxy) is 1. The van der Waals surface area contributed by atoms with Crippen LogP contribution in [0.4, 0.5) is 13.2 Å². The molecule has 2 aromatic carbocycles. The molecule has 1 heterocycles. The van der Waals surface area contributed by atoms with Crippen molar-refractivity contribution in [1.29, 1.82) is 5.26 Å². The molecular formula is C20H15F3N4O3S. The molecule has 0 bridgehead atoms. The summed E-state index contributed by atoms with van der Waals surface area (Å²) in [7, 11) is 0. The largest absolute Gasteiger partial charge is 0.573 e. The number of nitriles is 1. The van der Waals surface area contributed by atoms with Crippen LogP contribution >= 0.6 is 11.3 Å². The van der Waals surface area contributed by atoms with E-state index in [0.717, 1.165) is 10.3 Å².